The van der Waals surface area contributed by atoms with Crippen LogP contribution in [0.5, 0.6) is 0 Å². The van der Waals surface area contributed by atoms with Gasteiger partial charge in [-0.1, -0.05) is 0 Å². The van der Waals surface area contributed by atoms with E-state index in [0.29, 0.717) is 5.76 Å². The van der Waals surface area contributed by atoms with Crippen LogP contribution in [0.15, 0.2) is 28.9 Å². The highest BCUT2D eigenvalue weighted by Crippen LogP contribution is 2.16. The summed E-state index contributed by atoms with van der Waals surface area (Å²) in [5, 5.41) is 8.75. The molecule has 76 valence electrons. The quantitative estimate of drug-likeness (QED) is 0.758. The normalized spacial score (nSPS) is 10.1. The lowest BCUT2D eigenvalue weighted by atomic mass is 10.3. The van der Waals surface area contributed by atoms with E-state index in [1.807, 2.05) is 0 Å². The Morgan fingerprint density at radius 3 is 2.87 bits per heavy atom. The number of carboxylic acids is 1. The first-order chi connectivity index (χ1) is 7.16. The number of carboxylic acid groups (broad SMARTS) is 1. The minimum Gasteiger partial charge on any atom is -0.477 e. The lowest BCUT2D eigenvalue weighted by Gasteiger charge is -1.99. The molecule has 0 bridgehead atoms. The van der Waals surface area contributed by atoms with Gasteiger partial charge >= 0.3 is 5.97 Å². The number of hydrogen-bond donors (Lipinski definition) is 2. The summed E-state index contributed by atoms with van der Waals surface area (Å²) in [7, 11) is 0. The number of aromatic nitrogens is 2. The Morgan fingerprint density at radius 2 is 2.27 bits per heavy atom. The number of nitrogens with two attached hydrogens (primary N) is 1. The fourth-order valence-electron chi connectivity index (χ4n) is 1.09. The summed E-state index contributed by atoms with van der Waals surface area (Å²) in [6.45, 7) is 0. The second-order valence-electron chi connectivity index (χ2n) is 2.78. The zero-order valence-electron chi connectivity index (χ0n) is 7.54. The molecule has 0 aliphatic carbocycles. The molecule has 0 unspecified atom stereocenters. The van der Waals surface area contributed by atoms with Crippen molar-refractivity contribution in [3.05, 3.63) is 30.2 Å². The lowest BCUT2D eigenvalue weighted by Crippen LogP contribution is -2.05. The molecule has 2 aromatic heterocycles. The number of hydrogen-bond acceptors (Lipinski definition) is 5. The Bertz CT molecular complexity index is 493. The van der Waals surface area contributed by atoms with Gasteiger partial charge < -0.3 is 15.3 Å². The maximum absolute atomic E-state index is 10.7. The fourth-order valence-corrected chi connectivity index (χ4v) is 1.09. The predicted molar refractivity (Wildman–Crippen MR) is 51.1 cm³/mol. The third-order valence-electron chi connectivity index (χ3n) is 1.71. The molecule has 6 nitrogen and oxygen atoms in total. The Morgan fingerprint density at radius 1 is 1.47 bits per heavy atom. The van der Waals surface area contributed by atoms with Crippen LogP contribution in [0.25, 0.3) is 11.6 Å². The van der Waals surface area contributed by atoms with E-state index in [1.165, 1.54) is 12.3 Å². The van der Waals surface area contributed by atoms with Crippen molar-refractivity contribution < 1.29 is 14.3 Å². The SMILES string of the molecule is Nc1cc(C(=O)O)nc(-c2ccco2)n1. The fraction of sp³-hybridized carbons (Fsp3) is 0. The van der Waals surface area contributed by atoms with Gasteiger partial charge in [-0.25, -0.2) is 14.8 Å². The zero-order chi connectivity index (χ0) is 10.8. The van der Waals surface area contributed by atoms with Crippen LogP contribution in [-0.4, -0.2) is 21.0 Å². The van der Waals surface area contributed by atoms with Crippen molar-refractivity contribution in [1.82, 2.24) is 9.97 Å². The first-order valence-electron chi connectivity index (χ1n) is 4.08. The molecule has 0 aliphatic heterocycles. The maximum atomic E-state index is 10.7. The van der Waals surface area contributed by atoms with Crippen LogP contribution < -0.4 is 5.73 Å². The van der Waals surface area contributed by atoms with E-state index in [1.54, 1.807) is 12.1 Å². The van der Waals surface area contributed by atoms with Crippen LogP contribution in [0.4, 0.5) is 5.82 Å². The lowest BCUT2D eigenvalue weighted by molar-refractivity contribution is 0.0690. The summed E-state index contributed by atoms with van der Waals surface area (Å²) < 4.78 is 5.04. The van der Waals surface area contributed by atoms with Crippen molar-refractivity contribution in [3.8, 4) is 11.6 Å². The first kappa shape index (κ1) is 9.20. The third kappa shape index (κ3) is 1.78. The van der Waals surface area contributed by atoms with E-state index < -0.39 is 5.97 Å². The summed E-state index contributed by atoms with van der Waals surface area (Å²) in [4.78, 5) is 18.4. The number of anilines is 1. The van der Waals surface area contributed by atoms with E-state index in [0.717, 1.165) is 0 Å². The molecule has 6 heteroatoms. The van der Waals surface area contributed by atoms with Gasteiger partial charge in [-0.15, -0.1) is 0 Å². The van der Waals surface area contributed by atoms with Crippen molar-refractivity contribution in [1.29, 1.82) is 0 Å². The largest absolute Gasteiger partial charge is 0.477 e. The number of rotatable bonds is 2. The average molecular weight is 205 g/mol. The van der Waals surface area contributed by atoms with E-state index in [2.05, 4.69) is 9.97 Å². The highest BCUT2D eigenvalue weighted by atomic mass is 16.4. The van der Waals surface area contributed by atoms with Gasteiger partial charge in [0.1, 0.15) is 5.82 Å². The zero-order valence-corrected chi connectivity index (χ0v) is 7.54. The molecule has 2 aromatic rings. The topological polar surface area (TPSA) is 102 Å². The maximum Gasteiger partial charge on any atom is 0.354 e. The minimum absolute atomic E-state index is 0.0915. The van der Waals surface area contributed by atoms with Crippen LogP contribution in [0.3, 0.4) is 0 Å². The number of furan rings is 1. The molecule has 0 radical (unpaired) electrons. The summed E-state index contributed by atoms with van der Waals surface area (Å²) in [5.41, 5.74) is 5.29. The highest BCUT2D eigenvalue weighted by molar-refractivity contribution is 5.86. The molecular formula is C9H7N3O3. The van der Waals surface area contributed by atoms with Crippen molar-refractivity contribution in [2.45, 2.75) is 0 Å². The van der Waals surface area contributed by atoms with E-state index >= 15 is 0 Å². The molecule has 2 rings (SSSR count). The van der Waals surface area contributed by atoms with Crippen molar-refractivity contribution in [2.75, 3.05) is 5.73 Å². The standard InChI is InChI=1S/C9H7N3O3/c10-7-4-5(9(13)14)11-8(12-7)6-2-1-3-15-6/h1-4H,(H,13,14)(H2,10,11,12). The number of aromatic carboxylic acids is 1. The number of nitrogens with zero attached hydrogens (tertiary/aromatic N) is 2. The van der Waals surface area contributed by atoms with Gasteiger partial charge in [0.15, 0.2) is 17.3 Å². The summed E-state index contributed by atoms with van der Waals surface area (Å²) in [6, 6.07) is 4.47. The third-order valence-corrected chi connectivity index (χ3v) is 1.71. The molecule has 2 heterocycles. The molecule has 0 saturated heterocycles. The second kappa shape index (κ2) is 3.41. The van der Waals surface area contributed by atoms with Gasteiger partial charge in [-0.2, -0.15) is 0 Å². The summed E-state index contributed by atoms with van der Waals surface area (Å²) >= 11 is 0. The van der Waals surface area contributed by atoms with Crippen LogP contribution >= 0.6 is 0 Å². The smallest absolute Gasteiger partial charge is 0.354 e. The molecule has 0 fully saturated rings. The Labute approximate surface area is 84.4 Å². The Balaban J connectivity index is 2.54. The summed E-state index contributed by atoms with van der Waals surface area (Å²) in [5.74, 6) is -0.520. The van der Waals surface area contributed by atoms with Gasteiger partial charge in [-0.3, -0.25) is 0 Å². The van der Waals surface area contributed by atoms with E-state index in [4.69, 9.17) is 15.3 Å². The van der Waals surface area contributed by atoms with Crippen molar-refractivity contribution in [2.24, 2.45) is 0 Å². The molecule has 0 aromatic carbocycles. The van der Waals surface area contributed by atoms with Gasteiger partial charge in [0.25, 0.3) is 0 Å². The Hall–Kier alpha value is -2.37. The Kier molecular flexibility index (Phi) is 2.09. The average Bonchev–Trinajstić information content (AvgIpc) is 2.69. The number of carbonyl (C=O) groups is 1. The van der Waals surface area contributed by atoms with Crippen molar-refractivity contribution in [3.63, 3.8) is 0 Å². The molecule has 3 N–H and O–H groups in total. The van der Waals surface area contributed by atoms with E-state index in [9.17, 15) is 4.79 Å². The molecule has 0 spiro atoms. The van der Waals surface area contributed by atoms with Crippen LogP contribution in [-0.2, 0) is 0 Å². The minimum atomic E-state index is -1.16. The van der Waals surface area contributed by atoms with Gasteiger partial charge in [0, 0.05) is 6.07 Å². The van der Waals surface area contributed by atoms with Gasteiger partial charge in [0.05, 0.1) is 6.26 Å². The molecule has 0 saturated carbocycles. The van der Waals surface area contributed by atoms with Gasteiger partial charge in [0.2, 0.25) is 0 Å². The molecular weight excluding hydrogens is 198 g/mol. The summed E-state index contributed by atoms with van der Waals surface area (Å²) in [6.07, 6.45) is 1.45. The second-order valence-corrected chi connectivity index (χ2v) is 2.78. The molecule has 15 heavy (non-hydrogen) atoms. The molecule has 0 aliphatic rings. The van der Waals surface area contributed by atoms with Crippen molar-refractivity contribution >= 4 is 11.8 Å². The van der Waals surface area contributed by atoms with Crippen LogP contribution in [0, 0.1) is 0 Å². The highest BCUT2D eigenvalue weighted by Gasteiger charge is 2.11. The monoisotopic (exact) mass is 205 g/mol. The first-order valence-corrected chi connectivity index (χ1v) is 4.08. The van der Waals surface area contributed by atoms with Gasteiger partial charge in [-0.05, 0) is 12.1 Å². The molecule has 0 amide bonds. The van der Waals surface area contributed by atoms with Crippen LogP contribution in [0.2, 0.25) is 0 Å². The van der Waals surface area contributed by atoms with Crippen LogP contribution in [0.1, 0.15) is 10.5 Å². The van der Waals surface area contributed by atoms with E-state index in [-0.39, 0.29) is 17.3 Å². The number of nitrogen functional groups attached to an aromatic ring is 1. The molecule has 0 atom stereocenters. The predicted octanol–water partition coefficient (Wildman–Crippen LogP) is 1.02.